The van der Waals surface area contributed by atoms with Crippen molar-refractivity contribution in [3.05, 3.63) is 0 Å². The molecule has 0 N–H and O–H groups in total. The topological polar surface area (TPSA) is 61.8 Å². The van der Waals surface area contributed by atoms with Gasteiger partial charge >= 0.3 is 5.97 Å². The fourth-order valence-electron chi connectivity index (χ4n) is 1.90. The molecule has 19 heavy (non-hydrogen) atoms. The van der Waals surface area contributed by atoms with Crippen molar-refractivity contribution in [1.82, 2.24) is 0 Å². The molecule has 1 rings (SSSR count). The lowest BCUT2D eigenvalue weighted by atomic mass is 10.1. The highest BCUT2D eigenvalue weighted by Gasteiger charge is 2.45. The molecule has 0 aromatic rings. The summed E-state index contributed by atoms with van der Waals surface area (Å²) in [5, 5.41) is 0. The number of esters is 1. The molecule has 0 aromatic heterocycles. The summed E-state index contributed by atoms with van der Waals surface area (Å²) in [4.78, 5) is 11.3. The second-order valence-electron chi connectivity index (χ2n) is 5.00. The molecule has 0 bridgehead atoms. The maximum Gasteiger partial charge on any atom is 0.306 e. The average molecular weight is 292 g/mol. The summed E-state index contributed by atoms with van der Waals surface area (Å²) in [7, 11) is 2.13. The fourth-order valence-corrected chi connectivity index (χ4v) is 3.42. The zero-order chi connectivity index (χ0) is 14.1. The molecular weight excluding hydrogens is 268 g/mol. The van der Waals surface area contributed by atoms with Crippen molar-refractivity contribution in [2.45, 2.75) is 25.7 Å². The van der Waals surface area contributed by atoms with Crippen LogP contribution in [-0.4, -0.2) is 55.7 Å². The summed E-state index contributed by atoms with van der Waals surface area (Å²) >= 11 is 0. The summed E-state index contributed by atoms with van der Waals surface area (Å²) in [6, 6.07) is 0. The average Bonchev–Trinajstić information content (AvgIpc) is 3.12. The molecule has 0 aliphatic heterocycles. The van der Waals surface area contributed by atoms with E-state index in [0.29, 0.717) is 37.7 Å². The van der Waals surface area contributed by atoms with E-state index in [0.717, 1.165) is 19.3 Å². The zero-order valence-electron chi connectivity index (χ0n) is 11.8. The van der Waals surface area contributed by atoms with Crippen molar-refractivity contribution in [3.63, 3.8) is 0 Å². The van der Waals surface area contributed by atoms with Crippen LogP contribution in [0.15, 0.2) is 0 Å². The van der Waals surface area contributed by atoms with Crippen LogP contribution in [0.5, 0.6) is 0 Å². The van der Waals surface area contributed by atoms with Gasteiger partial charge in [0.25, 0.3) is 0 Å². The van der Waals surface area contributed by atoms with Crippen LogP contribution in [0.4, 0.5) is 0 Å². The maximum atomic E-state index is 11.9. The molecule has 5 nitrogen and oxygen atoms in total. The smallest absolute Gasteiger partial charge is 0.306 e. The molecule has 112 valence electrons. The summed E-state index contributed by atoms with van der Waals surface area (Å²) < 4.78 is 26.9. The van der Waals surface area contributed by atoms with Gasteiger partial charge in [-0.2, -0.15) is 0 Å². The van der Waals surface area contributed by atoms with Crippen LogP contribution in [-0.2, 0) is 29.8 Å². The third-order valence-electron chi connectivity index (χ3n) is 3.26. The minimum Gasteiger partial charge on any atom is -0.469 e. The maximum absolute atomic E-state index is 11.9. The van der Waals surface area contributed by atoms with Crippen LogP contribution in [0.1, 0.15) is 25.7 Å². The largest absolute Gasteiger partial charge is 0.469 e. The SMILES string of the molecule is COCCCOCCS(=O)CC1(CC(=O)OC)CC1. The van der Waals surface area contributed by atoms with Crippen molar-refractivity contribution >= 4 is 16.8 Å². The monoisotopic (exact) mass is 292 g/mol. The minimum absolute atomic E-state index is 0.0615. The number of ether oxygens (including phenoxy) is 3. The summed E-state index contributed by atoms with van der Waals surface area (Å²) in [5.41, 5.74) is -0.0615. The first-order valence-electron chi connectivity index (χ1n) is 6.60. The highest BCUT2D eigenvalue weighted by atomic mass is 32.2. The zero-order valence-corrected chi connectivity index (χ0v) is 12.6. The first-order chi connectivity index (χ1) is 9.12. The van der Waals surface area contributed by atoms with Gasteiger partial charge in [-0.25, -0.2) is 0 Å². The highest BCUT2D eigenvalue weighted by Crippen LogP contribution is 2.49. The number of methoxy groups -OCH3 is 2. The van der Waals surface area contributed by atoms with Crippen molar-refractivity contribution in [1.29, 1.82) is 0 Å². The van der Waals surface area contributed by atoms with Crippen LogP contribution in [0.3, 0.4) is 0 Å². The second kappa shape index (κ2) is 8.66. The lowest BCUT2D eigenvalue weighted by Crippen LogP contribution is -2.20. The molecule has 1 aliphatic rings. The van der Waals surface area contributed by atoms with E-state index >= 15 is 0 Å². The molecule has 0 amide bonds. The van der Waals surface area contributed by atoms with E-state index in [1.54, 1.807) is 7.11 Å². The molecule has 1 atom stereocenters. The summed E-state index contributed by atoms with van der Waals surface area (Å²) in [6.45, 7) is 1.83. The number of carbonyl (C=O) groups excluding carboxylic acids is 1. The van der Waals surface area contributed by atoms with Gasteiger partial charge in [-0.05, 0) is 24.7 Å². The first-order valence-corrected chi connectivity index (χ1v) is 8.09. The van der Waals surface area contributed by atoms with Gasteiger partial charge < -0.3 is 14.2 Å². The van der Waals surface area contributed by atoms with Crippen LogP contribution in [0.25, 0.3) is 0 Å². The molecule has 1 fully saturated rings. The molecule has 1 aliphatic carbocycles. The Labute approximate surface area is 117 Å². The third kappa shape index (κ3) is 7.03. The van der Waals surface area contributed by atoms with Gasteiger partial charge in [-0.1, -0.05) is 0 Å². The Hall–Kier alpha value is -0.460. The Morgan fingerprint density at radius 1 is 1.21 bits per heavy atom. The number of carbonyl (C=O) groups is 1. The van der Waals surface area contributed by atoms with Gasteiger partial charge in [0, 0.05) is 42.6 Å². The van der Waals surface area contributed by atoms with Crippen molar-refractivity contribution in [2.75, 3.05) is 45.5 Å². The van der Waals surface area contributed by atoms with E-state index in [-0.39, 0.29) is 11.4 Å². The summed E-state index contributed by atoms with van der Waals surface area (Å²) in [5.74, 6) is 0.921. The lowest BCUT2D eigenvalue weighted by Gasteiger charge is -2.13. The molecule has 1 saturated carbocycles. The van der Waals surface area contributed by atoms with E-state index < -0.39 is 10.8 Å². The molecule has 0 aromatic carbocycles. The van der Waals surface area contributed by atoms with E-state index in [1.165, 1.54) is 7.11 Å². The third-order valence-corrected chi connectivity index (χ3v) is 4.82. The first kappa shape index (κ1) is 16.6. The fraction of sp³-hybridized carbons (Fsp3) is 0.923. The Kier molecular flexibility index (Phi) is 7.56. The molecule has 0 radical (unpaired) electrons. The van der Waals surface area contributed by atoms with Crippen LogP contribution >= 0.6 is 0 Å². The lowest BCUT2D eigenvalue weighted by molar-refractivity contribution is -0.141. The van der Waals surface area contributed by atoms with Gasteiger partial charge in [-0.15, -0.1) is 0 Å². The van der Waals surface area contributed by atoms with Gasteiger partial charge in [0.1, 0.15) is 0 Å². The van der Waals surface area contributed by atoms with Crippen LogP contribution < -0.4 is 0 Å². The van der Waals surface area contributed by atoms with Gasteiger partial charge in [0.2, 0.25) is 0 Å². The Morgan fingerprint density at radius 2 is 1.95 bits per heavy atom. The molecular formula is C13H24O5S. The molecule has 1 unspecified atom stereocenters. The molecule has 0 heterocycles. The molecule has 0 saturated heterocycles. The van der Waals surface area contributed by atoms with E-state index in [4.69, 9.17) is 9.47 Å². The van der Waals surface area contributed by atoms with Crippen molar-refractivity contribution in [2.24, 2.45) is 5.41 Å². The number of hydrogen-bond acceptors (Lipinski definition) is 5. The standard InChI is InChI=1S/C13H24O5S/c1-16-6-3-7-18-8-9-19(15)11-13(4-5-13)10-12(14)17-2/h3-11H2,1-2H3. The van der Waals surface area contributed by atoms with Gasteiger partial charge in [-0.3, -0.25) is 9.00 Å². The van der Waals surface area contributed by atoms with E-state index in [1.807, 2.05) is 0 Å². The van der Waals surface area contributed by atoms with Gasteiger partial charge in [0.15, 0.2) is 0 Å². The Morgan fingerprint density at radius 3 is 2.53 bits per heavy atom. The number of rotatable bonds is 11. The quantitative estimate of drug-likeness (QED) is 0.422. The summed E-state index contributed by atoms with van der Waals surface area (Å²) in [6.07, 6.45) is 3.20. The predicted octanol–water partition coefficient (Wildman–Crippen LogP) is 1.13. The normalized spacial score (nSPS) is 18.0. The molecule has 6 heteroatoms. The Balaban J connectivity index is 2.09. The van der Waals surface area contributed by atoms with Crippen molar-refractivity contribution < 1.29 is 23.2 Å². The van der Waals surface area contributed by atoms with E-state index in [9.17, 15) is 9.00 Å². The Bertz CT molecular complexity index is 301. The second-order valence-corrected chi connectivity index (χ2v) is 6.58. The minimum atomic E-state index is -0.917. The molecule has 0 spiro atoms. The highest BCUT2D eigenvalue weighted by molar-refractivity contribution is 7.85. The van der Waals surface area contributed by atoms with Gasteiger partial charge in [0.05, 0.1) is 20.1 Å². The van der Waals surface area contributed by atoms with Crippen LogP contribution in [0, 0.1) is 5.41 Å². The predicted molar refractivity (Wildman–Crippen MR) is 73.5 cm³/mol. The van der Waals surface area contributed by atoms with E-state index in [2.05, 4.69) is 4.74 Å². The number of hydrogen-bond donors (Lipinski definition) is 0. The van der Waals surface area contributed by atoms with Crippen molar-refractivity contribution in [3.8, 4) is 0 Å². The van der Waals surface area contributed by atoms with Crippen LogP contribution in [0.2, 0.25) is 0 Å².